The lowest BCUT2D eigenvalue weighted by atomic mass is 9.98. The zero-order valence-electron chi connectivity index (χ0n) is 5.85. The summed E-state index contributed by atoms with van der Waals surface area (Å²) < 4.78 is 0. The van der Waals surface area contributed by atoms with Crippen LogP contribution in [0.4, 0.5) is 0 Å². The van der Waals surface area contributed by atoms with E-state index in [1.807, 2.05) is 0 Å². The third-order valence-corrected chi connectivity index (χ3v) is 2.16. The molecule has 0 saturated heterocycles. The predicted octanol–water partition coefficient (Wildman–Crippen LogP) is 1.60. The van der Waals surface area contributed by atoms with Crippen LogP contribution in [0.1, 0.15) is 24.1 Å². The zero-order chi connectivity index (χ0) is 6.97. The normalized spacial score (nSPS) is 16.8. The number of nitrogens with one attached hydrogen (secondary N) is 1. The lowest BCUT2D eigenvalue weighted by Crippen LogP contribution is -1.99. The van der Waals surface area contributed by atoms with Gasteiger partial charge in [0.2, 0.25) is 0 Å². The van der Waals surface area contributed by atoms with Crippen LogP contribution >= 0.6 is 0 Å². The van der Waals surface area contributed by atoms with E-state index in [0.717, 1.165) is 18.4 Å². The van der Waals surface area contributed by atoms with Crippen molar-refractivity contribution in [3.8, 4) is 5.75 Å². The number of aromatic amines is 1. The molecule has 2 rings (SSSR count). The molecule has 1 aromatic rings. The molecule has 2 heteroatoms. The number of rotatable bonds is 0. The van der Waals surface area contributed by atoms with E-state index in [4.69, 9.17) is 0 Å². The van der Waals surface area contributed by atoms with E-state index in [9.17, 15) is 5.11 Å². The Balaban J connectivity index is 2.45. The second-order valence-electron chi connectivity index (χ2n) is 2.84. The first-order valence-electron chi connectivity index (χ1n) is 3.76. The number of aryl methyl sites for hydroxylation is 1. The highest BCUT2D eigenvalue weighted by molar-refractivity contribution is 5.36. The second-order valence-corrected chi connectivity index (χ2v) is 2.84. The van der Waals surface area contributed by atoms with Gasteiger partial charge in [-0.25, -0.2) is 0 Å². The Morgan fingerprint density at radius 2 is 2.10 bits per heavy atom. The van der Waals surface area contributed by atoms with Crippen molar-refractivity contribution >= 4 is 0 Å². The van der Waals surface area contributed by atoms with E-state index >= 15 is 0 Å². The van der Waals surface area contributed by atoms with Crippen LogP contribution < -0.4 is 0 Å². The van der Waals surface area contributed by atoms with Crippen LogP contribution in [0.25, 0.3) is 0 Å². The number of fused-ring (bicyclic) bond motifs is 1. The largest absolute Gasteiger partial charge is 0.506 e. The quantitative estimate of drug-likeness (QED) is 0.559. The molecule has 0 spiro atoms. The smallest absolute Gasteiger partial charge is 0.136 e. The van der Waals surface area contributed by atoms with Gasteiger partial charge in [-0.3, -0.25) is 0 Å². The molecule has 1 aromatic heterocycles. The standard InChI is InChI=1S/C8H11NO/c10-8-5-9-7-4-2-1-3-6(7)8/h5,9-10H,1-4H2. The van der Waals surface area contributed by atoms with E-state index in [-0.39, 0.29) is 0 Å². The van der Waals surface area contributed by atoms with Crippen LogP contribution in [0.5, 0.6) is 5.75 Å². The van der Waals surface area contributed by atoms with Crippen LogP contribution in [0, 0.1) is 0 Å². The summed E-state index contributed by atoms with van der Waals surface area (Å²) in [5.41, 5.74) is 2.38. The summed E-state index contributed by atoms with van der Waals surface area (Å²) in [5.74, 6) is 0.453. The Hall–Kier alpha value is -0.920. The van der Waals surface area contributed by atoms with Crippen molar-refractivity contribution in [3.05, 3.63) is 17.5 Å². The Morgan fingerprint density at radius 3 is 2.90 bits per heavy atom. The van der Waals surface area contributed by atoms with Crippen molar-refractivity contribution < 1.29 is 5.11 Å². The van der Waals surface area contributed by atoms with Crippen LogP contribution in [0.15, 0.2) is 6.20 Å². The van der Waals surface area contributed by atoms with Crippen LogP contribution in [-0.4, -0.2) is 10.1 Å². The number of H-pyrrole nitrogens is 1. The maximum atomic E-state index is 9.27. The lowest BCUT2D eigenvalue weighted by Gasteiger charge is -2.09. The average Bonchev–Trinajstić information content (AvgIpc) is 2.34. The van der Waals surface area contributed by atoms with Crippen molar-refractivity contribution in [1.29, 1.82) is 0 Å². The lowest BCUT2D eigenvalue weighted by molar-refractivity contribution is 0.466. The predicted molar refractivity (Wildman–Crippen MR) is 39.1 cm³/mol. The van der Waals surface area contributed by atoms with Gasteiger partial charge in [0, 0.05) is 17.5 Å². The molecule has 0 aromatic carbocycles. The zero-order valence-corrected chi connectivity index (χ0v) is 5.85. The fourth-order valence-electron chi connectivity index (χ4n) is 1.59. The minimum atomic E-state index is 0.453. The molecule has 10 heavy (non-hydrogen) atoms. The summed E-state index contributed by atoms with van der Waals surface area (Å²) in [6.07, 6.45) is 6.32. The Bertz CT molecular complexity index is 239. The van der Waals surface area contributed by atoms with E-state index in [0.29, 0.717) is 5.75 Å². The van der Waals surface area contributed by atoms with E-state index in [1.54, 1.807) is 6.20 Å². The van der Waals surface area contributed by atoms with Gasteiger partial charge >= 0.3 is 0 Å². The molecular formula is C8H11NO. The highest BCUT2D eigenvalue weighted by Crippen LogP contribution is 2.27. The molecule has 2 N–H and O–H groups in total. The number of hydrogen-bond donors (Lipinski definition) is 2. The second kappa shape index (κ2) is 2.04. The Morgan fingerprint density at radius 1 is 1.30 bits per heavy atom. The Labute approximate surface area is 59.9 Å². The van der Waals surface area contributed by atoms with E-state index in [1.165, 1.54) is 18.5 Å². The molecule has 0 aliphatic heterocycles. The summed E-state index contributed by atoms with van der Waals surface area (Å²) in [6.45, 7) is 0. The minimum absolute atomic E-state index is 0.453. The van der Waals surface area contributed by atoms with Crippen molar-refractivity contribution in [2.75, 3.05) is 0 Å². The van der Waals surface area contributed by atoms with Gasteiger partial charge in [0.15, 0.2) is 0 Å². The van der Waals surface area contributed by atoms with Gasteiger partial charge < -0.3 is 10.1 Å². The fraction of sp³-hybridized carbons (Fsp3) is 0.500. The topological polar surface area (TPSA) is 36.0 Å². The minimum Gasteiger partial charge on any atom is -0.506 e. The molecule has 0 saturated carbocycles. The maximum absolute atomic E-state index is 9.27. The first kappa shape index (κ1) is 5.83. The molecule has 0 fully saturated rings. The average molecular weight is 137 g/mol. The molecule has 1 aliphatic carbocycles. The van der Waals surface area contributed by atoms with E-state index < -0.39 is 0 Å². The van der Waals surface area contributed by atoms with Gasteiger partial charge in [0.25, 0.3) is 0 Å². The van der Waals surface area contributed by atoms with Gasteiger partial charge in [0.1, 0.15) is 5.75 Å². The van der Waals surface area contributed by atoms with Crippen LogP contribution in [-0.2, 0) is 12.8 Å². The molecule has 2 nitrogen and oxygen atoms in total. The molecular weight excluding hydrogens is 126 g/mol. The van der Waals surface area contributed by atoms with Crippen molar-refractivity contribution in [3.63, 3.8) is 0 Å². The number of aromatic nitrogens is 1. The molecule has 0 radical (unpaired) electrons. The monoisotopic (exact) mass is 137 g/mol. The van der Waals surface area contributed by atoms with E-state index in [2.05, 4.69) is 4.98 Å². The van der Waals surface area contributed by atoms with Crippen molar-refractivity contribution in [1.82, 2.24) is 4.98 Å². The van der Waals surface area contributed by atoms with Crippen LogP contribution in [0.2, 0.25) is 0 Å². The number of hydrogen-bond acceptors (Lipinski definition) is 1. The summed E-state index contributed by atoms with van der Waals surface area (Å²) in [7, 11) is 0. The molecule has 0 atom stereocenters. The summed E-state index contributed by atoms with van der Waals surface area (Å²) in [4.78, 5) is 3.08. The molecule has 0 bridgehead atoms. The van der Waals surface area contributed by atoms with Gasteiger partial charge in [-0.15, -0.1) is 0 Å². The first-order valence-corrected chi connectivity index (χ1v) is 3.76. The third kappa shape index (κ3) is 0.719. The van der Waals surface area contributed by atoms with Crippen molar-refractivity contribution in [2.45, 2.75) is 25.7 Å². The highest BCUT2D eigenvalue weighted by atomic mass is 16.3. The highest BCUT2D eigenvalue weighted by Gasteiger charge is 2.13. The maximum Gasteiger partial charge on any atom is 0.136 e. The molecule has 0 unspecified atom stereocenters. The van der Waals surface area contributed by atoms with Gasteiger partial charge in [-0.1, -0.05) is 0 Å². The molecule has 0 amide bonds. The summed E-state index contributed by atoms with van der Waals surface area (Å²) >= 11 is 0. The van der Waals surface area contributed by atoms with Crippen LogP contribution in [0.3, 0.4) is 0 Å². The van der Waals surface area contributed by atoms with Gasteiger partial charge in [0.05, 0.1) is 0 Å². The fourth-order valence-corrected chi connectivity index (χ4v) is 1.59. The van der Waals surface area contributed by atoms with Gasteiger partial charge in [-0.05, 0) is 25.7 Å². The number of aromatic hydroxyl groups is 1. The van der Waals surface area contributed by atoms with Crippen molar-refractivity contribution in [2.24, 2.45) is 0 Å². The third-order valence-electron chi connectivity index (χ3n) is 2.16. The summed E-state index contributed by atoms with van der Waals surface area (Å²) in [6, 6.07) is 0. The molecule has 1 aliphatic rings. The first-order chi connectivity index (χ1) is 4.88. The summed E-state index contributed by atoms with van der Waals surface area (Å²) in [5, 5.41) is 9.27. The Kier molecular flexibility index (Phi) is 1.19. The van der Waals surface area contributed by atoms with Gasteiger partial charge in [-0.2, -0.15) is 0 Å². The molecule has 54 valence electrons. The SMILES string of the molecule is Oc1c[nH]c2c1CCCC2. The molecule has 1 heterocycles.